The van der Waals surface area contributed by atoms with Gasteiger partial charge in [0.1, 0.15) is 5.69 Å². The molecule has 6 nitrogen and oxygen atoms in total. The van der Waals surface area contributed by atoms with Gasteiger partial charge in [-0.2, -0.15) is 13.2 Å². The molecule has 2 aromatic rings. The lowest BCUT2D eigenvalue weighted by atomic mass is 10.1. The van der Waals surface area contributed by atoms with E-state index in [9.17, 15) is 23.3 Å². The maximum absolute atomic E-state index is 13.1. The minimum atomic E-state index is -4.46. The highest BCUT2D eigenvalue weighted by molar-refractivity contribution is 5.34. The molecule has 144 valence electrons. The number of alkyl halides is 3. The van der Waals surface area contributed by atoms with Crippen LogP contribution in [0.25, 0.3) is 0 Å². The number of pyridine rings is 1. The lowest BCUT2D eigenvalue weighted by Crippen LogP contribution is -2.45. The van der Waals surface area contributed by atoms with Gasteiger partial charge in [0.05, 0.1) is 4.92 Å². The van der Waals surface area contributed by atoms with Gasteiger partial charge in [0.15, 0.2) is 0 Å². The quantitative estimate of drug-likeness (QED) is 0.588. The van der Waals surface area contributed by atoms with Crippen LogP contribution in [0, 0.1) is 10.1 Å². The maximum Gasteiger partial charge on any atom is 0.433 e. The largest absolute Gasteiger partial charge is 0.433 e. The van der Waals surface area contributed by atoms with Crippen LogP contribution in [0.2, 0.25) is 0 Å². The minimum Gasteiger partial charge on any atom is -0.297 e. The molecule has 1 aliphatic rings. The predicted molar refractivity (Wildman–Crippen MR) is 92.9 cm³/mol. The standard InChI is InChI=1S/C18H19F3N4O2/c19-18(20,21)17-15(4-2-6-22-17)13-24-9-7-23(8-10-24)12-14-3-1-5-16(11-14)25(26)27/h1-6,11H,7-10,12-13H2. The van der Waals surface area contributed by atoms with Crippen LogP contribution in [0.15, 0.2) is 42.6 Å². The van der Waals surface area contributed by atoms with Crippen LogP contribution in [0.4, 0.5) is 18.9 Å². The lowest BCUT2D eigenvalue weighted by molar-refractivity contribution is -0.384. The number of nitrogens with zero attached hydrogens (tertiary/aromatic N) is 4. The molecule has 0 radical (unpaired) electrons. The van der Waals surface area contributed by atoms with Crippen LogP contribution < -0.4 is 0 Å². The molecule has 1 aromatic heterocycles. The third-order valence-electron chi connectivity index (χ3n) is 4.55. The SMILES string of the molecule is O=[N+]([O-])c1cccc(CN2CCN(Cc3cccnc3C(F)(F)F)CC2)c1. The van der Waals surface area contributed by atoms with Crippen molar-refractivity contribution in [3.63, 3.8) is 0 Å². The summed E-state index contributed by atoms with van der Waals surface area (Å²) in [6, 6.07) is 9.48. The molecular formula is C18H19F3N4O2. The molecule has 0 unspecified atom stereocenters. The Morgan fingerprint density at radius 1 is 1.04 bits per heavy atom. The highest BCUT2D eigenvalue weighted by Gasteiger charge is 2.35. The Balaban J connectivity index is 1.57. The second-order valence-electron chi connectivity index (χ2n) is 6.49. The van der Waals surface area contributed by atoms with Crippen molar-refractivity contribution < 1.29 is 18.1 Å². The van der Waals surface area contributed by atoms with Gasteiger partial charge in [-0.25, -0.2) is 0 Å². The summed E-state index contributed by atoms with van der Waals surface area (Å²) >= 11 is 0. The second-order valence-corrected chi connectivity index (χ2v) is 6.49. The fraction of sp³-hybridized carbons (Fsp3) is 0.389. The molecule has 1 fully saturated rings. The van der Waals surface area contributed by atoms with E-state index in [1.807, 2.05) is 11.0 Å². The number of benzene rings is 1. The Kier molecular flexibility index (Phi) is 5.71. The smallest absolute Gasteiger partial charge is 0.297 e. The molecule has 0 saturated carbocycles. The normalized spacial score (nSPS) is 16.4. The Bertz CT molecular complexity index is 805. The average Bonchev–Trinajstić information content (AvgIpc) is 2.63. The number of non-ortho nitro benzene ring substituents is 1. The molecule has 0 bridgehead atoms. The van der Waals surface area contributed by atoms with Crippen LogP contribution >= 0.6 is 0 Å². The molecule has 0 N–H and O–H groups in total. The number of nitro benzene ring substituents is 1. The van der Waals surface area contributed by atoms with E-state index in [-0.39, 0.29) is 17.8 Å². The number of halogens is 3. The Morgan fingerprint density at radius 3 is 2.33 bits per heavy atom. The molecule has 0 spiro atoms. The monoisotopic (exact) mass is 380 g/mol. The summed E-state index contributed by atoms with van der Waals surface area (Å²) in [5.41, 5.74) is 0.257. The van der Waals surface area contributed by atoms with E-state index < -0.39 is 16.8 Å². The number of hydrogen-bond donors (Lipinski definition) is 0. The van der Waals surface area contributed by atoms with E-state index >= 15 is 0 Å². The van der Waals surface area contributed by atoms with Gasteiger partial charge in [0.25, 0.3) is 5.69 Å². The van der Waals surface area contributed by atoms with Gasteiger partial charge in [0, 0.05) is 57.6 Å². The van der Waals surface area contributed by atoms with Crippen LogP contribution in [0.3, 0.4) is 0 Å². The number of rotatable bonds is 5. The fourth-order valence-electron chi connectivity index (χ4n) is 3.19. The number of piperazine rings is 1. The van der Waals surface area contributed by atoms with Crippen molar-refractivity contribution in [3.8, 4) is 0 Å². The van der Waals surface area contributed by atoms with E-state index in [1.54, 1.807) is 12.1 Å². The van der Waals surface area contributed by atoms with E-state index in [1.165, 1.54) is 18.2 Å². The first-order valence-electron chi connectivity index (χ1n) is 8.52. The van der Waals surface area contributed by atoms with E-state index in [2.05, 4.69) is 9.88 Å². The maximum atomic E-state index is 13.1. The molecule has 27 heavy (non-hydrogen) atoms. The summed E-state index contributed by atoms with van der Waals surface area (Å²) in [5.74, 6) is 0. The summed E-state index contributed by atoms with van der Waals surface area (Å²) < 4.78 is 39.2. The van der Waals surface area contributed by atoms with Crippen LogP contribution in [-0.4, -0.2) is 45.9 Å². The molecule has 1 aliphatic heterocycles. The molecule has 9 heteroatoms. The Labute approximate surface area is 154 Å². The first-order valence-corrected chi connectivity index (χ1v) is 8.52. The van der Waals surface area contributed by atoms with Gasteiger partial charge in [-0.3, -0.25) is 24.9 Å². The highest BCUT2D eigenvalue weighted by atomic mass is 19.4. The summed E-state index contributed by atoms with van der Waals surface area (Å²) in [6.45, 7) is 3.40. The van der Waals surface area contributed by atoms with Crippen molar-refractivity contribution in [2.75, 3.05) is 26.2 Å². The highest BCUT2D eigenvalue weighted by Crippen LogP contribution is 2.30. The van der Waals surface area contributed by atoms with Crippen LogP contribution in [0.5, 0.6) is 0 Å². The van der Waals surface area contributed by atoms with Crippen molar-refractivity contribution in [1.29, 1.82) is 0 Å². The molecule has 0 amide bonds. The zero-order chi connectivity index (χ0) is 19.4. The van der Waals surface area contributed by atoms with Crippen LogP contribution in [0.1, 0.15) is 16.8 Å². The first-order chi connectivity index (χ1) is 12.8. The van der Waals surface area contributed by atoms with E-state index in [4.69, 9.17) is 0 Å². The molecule has 1 saturated heterocycles. The van der Waals surface area contributed by atoms with Gasteiger partial charge < -0.3 is 0 Å². The van der Waals surface area contributed by atoms with Gasteiger partial charge >= 0.3 is 6.18 Å². The fourth-order valence-corrected chi connectivity index (χ4v) is 3.19. The van der Waals surface area contributed by atoms with Crippen molar-refractivity contribution in [3.05, 3.63) is 69.5 Å². The topological polar surface area (TPSA) is 62.5 Å². The third-order valence-corrected chi connectivity index (χ3v) is 4.55. The van der Waals surface area contributed by atoms with Crippen molar-refractivity contribution in [2.45, 2.75) is 19.3 Å². The number of aromatic nitrogens is 1. The lowest BCUT2D eigenvalue weighted by Gasteiger charge is -2.35. The van der Waals surface area contributed by atoms with Gasteiger partial charge in [-0.15, -0.1) is 0 Å². The molecule has 0 aliphatic carbocycles. The third kappa shape index (κ3) is 5.01. The van der Waals surface area contributed by atoms with Gasteiger partial charge in [-0.05, 0) is 17.2 Å². The minimum absolute atomic E-state index is 0.0578. The van der Waals surface area contributed by atoms with Crippen molar-refractivity contribution in [1.82, 2.24) is 14.8 Å². The summed E-state index contributed by atoms with van der Waals surface area (Å²) in [4.78, 5) is 18.0. The molecule has 3 rings (SSSR count). The Morgan fingerprint density at radius 2 is 1.70 bits per heavy atom. The zero-order valence-corrected chi connectivity index (χ0v) is 14.5. The van der Waals surface area contributed by atoms with Crippen molar-refractivity contribution in [2.24, 2.45) is 0 Å². The molecule has 0 atom stereocenters. The van der Waals surface area contributed by atoms with E-state index in [0.717, 1.165) is 11.8 Å². The molecular weight excluding hydrogens is 361 g/mol. The zero-order valence-electron chi connectivity index (χ0n) is 14.5. The van der Waals surface area contributed by atoms with E-state index in [0.29, 0.717) is 32.7 Å². The van der Waals surface area contributed by atoms with Gasteiger partial charge in [-0.1, -0.05) is 18.2 Å². The van der Waals surface area contributed by atoms with Crippen molar-refractivity contribution >= 4 is 5.69 Å². The average molecular weight is 380 g/mol. The molecule has 2 heterocycles. The predicted octanol–water partition coefficient (Wildman–Crippen LogP) is 3.33. The number of hydrogen-bond acceptors (Lipinski definition) is 5. The summed E-state index contributed by atoms with van der Waals surface area (Å²) in [6.07, 6.45) is -3.30. The number of nitro groups is 1. The van der Waals surface area contributed by atoms with Gasteiger partial charge in [0.2, 0.25) is 0 Å². The van der Waals surface area contributed by atoms with Crippen LogP contribution in [-0.2, 0) is 19.3 Å². The first kappa shape index (κ1) is 19.2. The molecule has 1 aromatic carbocycles. The second kappa shape index (κ2) is 8.01. The summed E-state index contributed by atoms with van der Waals surface area (Å²) in [5, 5.41) is 10.9. The Hall–Kier alpha value is -2.52. The summed E-state index contributed by atoms with van der Waals surface area (Å²) in [7, 11) is 0.